The lowest BCUT2D eigenvalue weighted by molar-refractivity contribution is -0.143. The van der Waals surface area contributed by atoms with Gasteiger partial charge in [-0.1, -0.05) is 6.92 Å². The Morgan fingerprint density at radius 1 is 1.16 bits per heavy atom. The van der Waals surface area contributed by atoms with Crippen LogP contribution in [0.15, 0.2) is 6.07 Å². The van der Waals surface area contributed by atoms with E-state index in [0.717, 1.165) is 23.4 Å². The van der Waals surface area contributed by atoms with Crippen LogP contribution in [0.3, 0.4) is 0 Å². The minimum atomic E-state index is -1.08. The third-order valence-electron chi connectivity index (χ3n) is 2.27. The number of carbonyl (C=O) groups is 2. The van der Waals surface area contributed by atoms with Gasteiger partial charge in [0.1, 0.15) is 5.75 Å². The predicted molar refractivity (Wildman–Crippen MR) is 69.3 cm³/mol. The second-order valence-electron chi connectivity index (χ2n) is 4.02. The highest BCUT2D eigenvalue weighted by Gasteiger charge is 2.03. The van der Waals surface area contributed by atoms with Crippen LogP contribution in [0.5, 0.6) is 5.75 Å². The van der Waals surface area contributed by atoms with Gasteiger partial charge in [0.2, 0.25) is 0 Å². The third kappa shape index (κ3) is 7.03. The van der Waals surface area contributed by atoms with Gasteiger partial charge in [-0.25, -0.2) is 0 Å². The summed E-state index contributed by atoms with van der Waals surface area (Å²) in [5, 5.41) is 25.3. The summed E-state index contributed by atoms with van der Waals surface area (Å²) in [6, 6.07) is 1.88. The number of hydrogen-bond acceptors (Lipinski definition) is 4. The molecule has 0 radical (unpaired) electrons. The number of aromatic hydroxyl groups is 1. The fourth-order valence-corrected chi connectivity index (χ4v) is 1.37. The lowest BCUT2D eigenvalue weighted by atomic mass is 10.1. The first kappa shape index (κ1) is 16.9. The van der Waals surface area contributed by atoms with Crippen molar-refractivity contribution >= 4 is 11.9 Å². The lowest BCUT2D eigenvalue weighted by Crippen LogP contribution is -2.00. The molecule has 6 nitrogen and oxygen atoms in total. The monoisotopic (exact) mass is 269 g/mol. The molecule has 1 aromatic rings. The fraction of sp³-hybridized carbons (Fsp3) is 0.462. The van der Waals surface area contributed by atoms with Gasteiger partial charge in [-0.15, -0.1) is 0 Å². The van der Waals surface area contributed by atoms with Crippen LogP contribution in [-0.2, 0) is 16.0 Å². The summed E-state index contributed by atoms with van der Waals surface area (Å²) in [6.45, 7) is 5.82. The molecule has 0 aromatic carbocycles. The van der Waals surface area contributed by atoms with Gasteiger partial charge in [-0.2, -0.15) is 0 Å². The average Bonchev–Trinajstić information content (AvgIpc) is 2.32. The highest BCUT2D eigenvalue weighted by molar-refractivity contribution is 5.75. The molecular formula is C13H19NO5. The van der Waals surface area contributed by atoms with Crippen LogP contribution in [0.2, 0.25) is 0 Å². The molecular weight excluding hydrogens is 250 g/mol. The molecule has 1 aromatic heterocycles. The molecule has 3 N–H and O–H groups in total. The van der Waals surface area contributed by atoms with Crippen LogP contribution in [0.1, 0.15) is 36.7 Å². The molecule has 0 aliphatic carbocycles. The van der Waals surface area contributed by atoms with Gasteiger partial charge >= 0.3 is 11.9 Å². The molecule has 0 aliphatic heterocycles. The predicted octanol–water partition coefficient (Wildman–Crippen LogP) is 1.90. The number of hydrogen-bond donors (Lipinski definition) is 3. The van der Waals surface area contributed by atoms with Gasteiger partial charge in [0.15, 0.2) is 0 Å². The number of aromatic nitrogens is 1. The molecule has 6 heteroatoms. The number of nitrogens with zero attached hydrogens (tertiary/aromatic N) is 1. The van der Waals surface area contributed by atoms with E-state index in [1.807, 2.05) is 26.8 Å². The quantitative estimate of drug-likeness (QED) is 0.770. The van der Waals surface area contributed by atoms with E-state index in [4.69, 9.17) is 10.2 Å². The van der Waals surface area contributed by atoms with Crippen molar-refractivity contribution in [1.29, 1.82) is 0 Å². The molecule has 0 fully saturated rings. The Kier molecular flexibility index (Phi) is 7.18. The van der Waals surface area contributed by atoms with Crippen LogP contribution in [0, 0.1) is 13.8 Å². The number of aryl methyl sites for hydroxylation is 3. The van der Waals surface area contributed by atoms with Gasteiger partial charge in [0.05, 0.1) is 18.5 Å². The lowest BCUT2D eigenvalue weighted by Gasteiger charge is -2.04. The van der Waals surface area contributed by atoms with Crippen LogP contribution in [0.4, 0.5) is 0 Å². The molecule has 1 rings (SSSR count). The van der Waals surface area contributed by atoms with E-state index in [1.165, 1.54) is 0 Å². The Labute approximate surface area is 111 Å². The normalized spacial score (nSPS) is 9.42. The Balaban J connectivity index is 0.000000362. The van der Waals surface area contributed by atoms with Crippen molar-refractivity contribution in [2.45, 2.75) is 40.0 Å². The number of carboxylic acids is 2. The van der Waals surface area contributed by atoms with Crippen molar-refractivity contribution in [2.24, 2.45) is 0 Å². The number of pyridine rings is 1. The second kappa shape index (κ2) is 8.07. The molecule has 0 amide bonds. The van der Waals surface area contributed by atoms with E-state index in [0.29, 0.717) is 5.75 Å². The molecule has 0 aliphatic rings. The molecule has 0 saturated carbocycles. The van der Waals surface area contributed by atoms with Crippen LogP contribution >= 0.6 is 0 Å². The summed E-state index contributed by atoms with van der Waals surface area (Å²) in [5.74, 6) is -1.81. The molecule has 19 heavy (non-hydrogen) atoms. The molecule has 0 saturated heterocycles. The number of rotatable bonds is 4. The Morgan fingerprint density at radius 2 is 1.63 bits per heavy atom. The Morgan fingerprint density at radius 3 is 2.00 bits per heavy atom. The van der Waals surface area contributed by atoms with Crippen molar-refractivity contribution in [3.63, 3.8) is 0 Å². The summed E-state index contributed by atoms with van der Waals surface area (Å²) < 4.78 is 0. The SMILES string of the molecule is CCc1nc(C)cc(C)c1O.O=C(O)CCC(=O)O. The van der Waals surface area contributed by atoms with E-state index >= 15 is 0 Å². The zero-order valence-corrected chi connectivity index (χ0v) is 11.3. The average molecular weight is 269 g/mol. The van der Waals surface area contributed by atoms with Gasteiger partial charge in [-0.05, 0) is 31.9 Å². The minimum Gasteiger partial charge on any atom is -0.506 e. The van der Waals surface area contributed by atoms with E-state index < -0.39 is 11.9 Å². The largest absolute Gasteiger partial charge is 0.506 e. The summed E-state index contributed by atoms with van der Waals surface area (Å²) >= 11 is 0. The van der Waals surface area contributed by atoms with E-state index in [9.17, 15) is 14.7 Å². The Bertz CT molecular complexity index is 443. The number of aliphatic carboxylic acids is 2. The third-order valence-corrected chi connectivity index (χ3v) is 2.27. The second-order valence-corrected chi connectivity index (χ2v) is 4.02. The first-order chi connectivity index (χ1) is 8.77. The molecule has 0 bridgehead atoms. The standard InChI is InChI=1S/C9H13NO.C4H6O4/c1-4-8-9(11)6(2)5-7(3)10-8;5-3(6)1-2-4(7)8/h5,11H,4H2,1-3H3;1-2H2,(H,5,6)(H,7,8). The Hall–Kier alpha value is -2.11. The van der Waals surface area contributed by atoms with Gasteiger partial charge in [-0.3, -0.25) is 14.6 Å². The number of carboxylic acid groups (broad SMARTS) is 2. The molecule has 0 spiro atoms. The fourth-order valence-electron chi connectivity index (χ4n) is 1.37. The van der Waals surface area contributed by atoms with Gasteiger partial charge < -0.3 is 15.3 Å². The zero-order chi connectivity index (χ0) is 15.0. The highest BCUT2D eigenvalue weighted by Crippen LogP contribution is 2.20. The summed E-state index contributed by atoms with van der Waals surface area (Å²) in [4.78, 5) is 23.5. The van der Waals surface area contributed by atoms with Gasteiger partial charge in [0, 0.05) is 5.69 Å². The molecule has 0 unspecified atom stereocenters. The minimum absolute atomic E-state index is 0.296. The first-order valence-corrected chi connectivity index (χ1v) is 5.87. The molecule has 1 heterocycles. The van der Waals surface area contributed by atoms with Crippen LogP contribution in [0.25, 0.3) is 0 Å². The topological polar surface area (TPSA) is 108 Å². The smallest absolute Gasteiger partial charge is 0.303 e. The maximum absolute atomic E-state index is 9.64. The van der Waals surface area contributed by atoms with Crippen molar-refractivity contribution in [3.8, 4) is 5.75 Å². The summed E-state index contributed by atoms with van der Waals surface area (Å²) in [5.41, 5.74) is 2.68. The first-order valence-electron chi connectivity index (χ1n) is 5.87. The van der Waals surface area contributed by atoms with Crippen molar-refractivity contribution in [1.82, 2.24) is 4.98 Å². The van der Waals surface area contributed by atoms with Crippen LogP contribution < -0.4 is 0 Å². The van der Waals surface area contributed by atoms with E-state index in [2.05, 4.69) is 4.98 Å². The molecule has 106 valence electrons. The van der Waals surface area contributed by atoms with E-state index in [-0.39, 0.29) is 12.8 Å². The maximum atomic E-state index is 9.64. The summed E-state index contributed by atoms with van der Waals surface area (Å²) in [7, 11) is 0. The van der Waals surface area contributed by atoms with E-state index in [1.54, 1.807) is 0 Å². The van der Waals surface area contributed by atoms with Crippen molar-refractivity contribution in [3.05, 3.63) is 23.0 Å². The van der Waals surface area contributed by atoms with Crippen LogP contribution in [-0.4, -0.2) is 32.2 Å². The zero-order valence-electron chi connectivity index (χ0n) is 11.3. The summed E-state index contributed by atoms with van der Waals surface area (Å²) in [6.07, 6.45) is 0.193. The maximum Gasteiger partial charge on any atom is 0.303 e. The van der Waals surface area contributed by atoms with Crippen molar-refractivity contribution in [2.75, 3.05) is 0 Å². The van der Waals surface area contributed by atoms with Gasteiger partial charge in [0.25, 0.3) is 0 Å². The molecule has 0 atom stereocenters. The van der Waals surface area contributed by atoms with Crippen molar-refractivity contribution < 1.29 is 24.9 Å². The highest BCUT2D eigenvalue weighted by atomic mass is 16.4.